The molecule has 1 fully saturated rings. The Balaban J connectivity index is 0.000000162. The first-order chi connectivity index (χ1) is 16.6. The molecule has 0 saturated carbocycles. The van der Waals surface area contributed by atoms with Gasteiger partial charge in [-0.2, -0.15) is 0 Å². The number of nitrogens with zero attached hydrogens (tertiary/aromatic N) is 1. The number of hydrogen-bond donors (Lipinski definition) is 1. The third kappa shape index (κ3) is 6.17. The number of rotatable bonds is 6. The minimum atomic E-state index is -0.184. The minimum absolute atomic E-state index is 0.184. The Bertz CT molecular complexity index is 1090. The monoisotopic (exact) mass is 461 g/mol. The summed E-state index contributed by atoms with van der Waals surface area (Å²) in [5.41, 5.74) is 4.48. The van der Waals surface area contributed by atoms with Crippen molar-refractivity contribution < 1.29 is 19.0 Å². The third-order valence-electron chi connectivity index (χ3n) is 6.32. The fraction of sp³-hybridized carbons (Fsp3) is 0.310. The van der Waals surface area contributed by atoms with Crippen LogP contribution in [0.3, 0.4) is 0 Å². The number of benzene rings is 3. The average molecular weight is 462 g/mol. The first-order valence-corrected chi connectivity index (χ1v) is 11.8. The van der Waals surface area contributed by atoms with E-state index in [0.29, 0.717) is 13.2 Å². The summed E-state index contributed by atoms with van der Waals surface area (Å²) >= 11 is 0. The maximum Gasteiger partial charge on any atom is 0.127 e. The molecular weight excluding hydrogens is 429 g/mol. The molecule has 0 amide bonds. The summed E-state index contributed by atoms with van der Waals surface area (Å²) in [5.74, 6) is 2.26. The molecule has 0 unspecified atom stereocenters. The summed E-state index contributed by atoms with van der Waals surface area (Å²) < 4.78 is 23.7. The van der Waals surface area contributed by atoms with Crippen molar-refractivity contribution in [1.82, 2.24) is 4.90 Å². The summed E-state index contributed by atoms with van der Waals surface area (Å²) in [6.45, 7) is 5.93. The van der Waals surface area contributed by atoms with Crippen LogP contribution in [0.2, 0.25) is 0 Å². The highest BCUT2D eigenvalue weighted by Gasteiger charge is 2.21. The largest absolute Gasteiger partial charge is 0.508 e. The molecule has 178 valence electrons. The number of halogens is 1. The lowest BCUT2D eigenvalue weighted by molar-refractivity contribution is 0.228. The molecule has 2 aliphatic heterocycles. The zero-order valence-electron chi connectivity index (χ0n) is 19.6. The van der Waals surface area contributed by atoms with Gasteiger partial charge in [-0.05, 0) is 61.4 Å². The number of alkyl halides is 1. The van der Waals surface area contributed by atoms with E-state index in [4.69, 9.17) is 9.47 Å². The van der Waals surface area contributed by atoms with E-state index in [1.165, 1.54) is 16.7 Å². The molecule has 3 aromatic rings. The second-order valence-electron chi connectivity index (χ2n) is 8.71. The Labute approximate surface area is 201 Å². The van der Waals surface area contributed by atoms with E-state index in [0.717, 1.165) is 43.1 Å². The molecule has 0 bridgehead atoms. The number of para-hydroxylation sites is 1. The number of phenolic OH excluding ortho intramolecular Hbond substituents is 1. The van der Waals surface area contributed by atoms with Gasteiger partial charge in [-0.25, -0.2) is 0 Å². The van der Waals surface area contributed by atoms with Crippen molar-refractivity contribution in [3.63, 3.8) is 0 Å². The predicted molar refractivity (Wildman–Crippen MR) is 135 cm³/mol. The number of phenols is 1. The first-order valence-electron chi connectivity index (χ1n) is 11.8. The number of hydrogen-bond acceptors (Lipinski definition) is 4. The van der Waals surface area contributed by atoms with Crippen molar-refractivity contribution in [2.75, 3.05) is 39.5 Å². The SMILES string of the molecule is CC1=C(c2ccccc2)COc2ccc(O)cc21.FC[C@@H]1CCN(CCOc2ccccc2)C1. The first kappa shape index (κ1) is 23.8. The molecule has 5 heteroatoms. The maximum atomic E-state index is 12.4. The van der Waals surface area contributed by atoms with E-state index in [1.54, 1.807) is 12.1 Å². The zero-order valence-corrected chi connectivity index (χ0v) is 19.6. The van der Waals surface area contributed by atoms with Gasteiger partial charge in [0.1, 0.15) is 30.5 Å². The molecule has 1 atom stereocenters. The summed E-state index contributed by atoms with van der Waals surface area (Å²) in [7, 11) is 0. The Morgan fingerprint density at radius 2 is 1.76 bits per heavy atom. The van der Waals surface area contributed by atoms with Gasteiger partial charge in [-0.15, -0.1) is 0 Å². The van der Waals surface area contributed by atoms with Gasteiger partial charge in [0.2, 0.25) is 0 Å². The number of allylic oxidation sites excluding steroid dienone is 1. The smallest absolute Gasteiger partial charge is 0.127 e. The average Bonchev–Trinajstić information content (AvgIpc) is 3.34. The fourth-order valence-corrected chi connectivity index (χ4v) is 4.35. The number of ether oxygens (including phenoxy) is 2. The standard InChI is InChI=1S/C16H14O2.C13H18FNO/c1-11-14-9-13(17)7-8-16(14)18-10-15(11)12-5-3-2-4-6-12;14-10-12-6-7-15(11-12)8-9-16-13-4-2-1-3-5-13/h2-9,17H,10H2,1H3;1-5,12H,6-11H2/t;12-/m.0/s1. The molecule has 4 nitrogen and oxygen atoms in total. The van der Waals surface area contributed by atoms with Crippen LogP contribution in [0.5, 0.6) is 17.2 Å². The van der Waals surface area contributed by atoms with Gasteiger partial charge in [-0.3, -0.25) is 9.29 Å². The number of fused-ring (bicyclic) bond motifs is 1. The van der Waals surface area contributed by atoms with Gasteiger partial charge < -0.3 is 14.6 Å². The molecule has 0 aromatic heterocycles. The van der Waals surface area contributed by atoms with Gasteiger partial charge >= 0.3 is 0 Å². The van der Waals surface area contributed by atoms with Crippen molar-refractivity contribution in [2.45, 2.75) is 13.3 Å². The summed E-state index contributed by atoms with van der Waals surface area (Å²) in [6.07, 6.45) is 0.988. The lowest BCUT2D eigenvalue weighted by Gasteiger charge is -2.22. The van der Waals surface area contributed by atoms with Gasteiger partial charge in [0.25, 0.3) is 0 Å². The molecule has 34 heavy (non-hydrogen) atoms. The molecular formula is C29H32FNO3. The second kappa shape index (κ2) is 11.7. The molecule has 0 spiro atoms. The molecule has 0 aliphatic carbocycles. The van der Waals surface area contributed by atoms with Crippen LogP contribution in [0, 0.1) is 5.92 Å². The van der Waals surface area contributed by atoms with Crippen LogP contribution in [0.4, 0.5) is 4.39 Å². The Morgan fingerprint density at radius 1 is 1.03 bits per heavy atom. The van der Waals surface area contributed by atoms with Crippen LogP contribution in [-0.4, -0.2) is 49.5 Å². The Kier molecular flexibility index (Phi) is 8.21. The van der Waals surface area contributed by atoms with Gasteiger partial charge in [0.15, 0.2) is 0 Å². The zero-order chi connectivity index (χ0) is 23.8. The highest BCUT2D eigenvalue weighted by molar-refractivity contribution is 5.93. The minimum Gasteiger partial charge on any atom is -0.508 e. The van der Waals surface area contributed by atoms with Crippen molar-refractivity contribution in [2.24, 2.45) is 5.92 Å². The van der Waals surface area contributed by atoms with E-state index < -0.39 is 0 Å². The van der Waals surface area contributed by atoms with Crippen LogP contribution >= 0.6 is 0 Å². The maximum absolute atomic E-state index is 12.4. The normalized spacial score (nSPS) is 17.4. The molecule has 5 rings (SSSR count). The van der Waals surface area contributed by atoms with Crippen molar-refractivity contribution in [3.05, 3.63) is 90.0 Å². The van der Waals surface area contributed by atoms with Crippen LogP contribution in [-0.2, 0) is 0 Å². The van der Waals surface area contributed by atoms with E-state index in [-0.39, 0.29) is 18.3 Å². The number of aromatic hydroxyl groups is 1. The van der Waals surface area contributed by atoms with Crippen molar-refractivity contribution in [3.8, 4) is 17.2 Å². The quantitative estimate of drug-likeness (QED) is 0.484. The topological polar surface area (TPSA) is 41.9 Å². The van der Waals surface area contributed by atoms with E-state index in [9.17, 15) is 9.50 Å². The van der Waals surface area contributed by atoms with Gasteiger partial charge in [0.05, 0.1) is 6.67 Å². The predicted octanol–water partition coefficient (Wildman–Crippen LogP) is 6.07. The third-order valence-corrected chi connectivity index (χ3v) is 6.32. The molecule has 2 aliphatic rings. The van der Waals surface area contributed by atoms with Crippen molar-refractivity contribution in [1.29, 1.82) is 0 Å². The summed E-state index contributed by atoms with van der Waals surface area (Å²) in [6, 6.07) is 25.2. The van der Waals surface area contributed by atoms with Crippen LogP contribution < -0.4 is 9.47 Å². The number of likely N-dealkylation sites (tertiary alicyclic amines) is 1. The fourth-order valence-electron chi connectivity index (χ4n) is 4.35. The highest BCUT2D eigenvalue weighted by atomic mass is 19.1. The van der Waals surface area contributed by atoms with Crippen LogP contribution in [0.1, 0.15) is 24.5 Å². The van der Waals surface area contributed by atoms with E-state index in [2.05, 4.69) is 24.0 Å². The molecule has 1 saturated heterocycles. The van der Waals surface area contributed by atoms with E-state index in [1.807, 2.05) is 54.6 Å². The Morgan fingerprint density at radius 3 is 2.47 bits per heavy atom. The lowest BCUT2D eigenvalue weighted by Crippen LogP contribution is -2.26. The Hall–Kier alpha value is -3.31. The molecule has 1 N–H and O–H groups in total. The molecule has 3 aromatic carbocycles. The highest BCUT2D eigenvalue weighted by Crippen LogP contribution is 2.38. The molecule has 0 radical (unpaired) electrons. The lowest BCUT2D eigenvalue weighted by atomic mass is 9.94. The van der Waals surface area contributed by atoms with Gasteiger partial charge in [-0.1, -0.05) is 48.5 Å². The van der Waals surface area contributed by atoms with Crippen molar-refractivity contribution >= 4 is 11.1 Å². The summed E-state index contributed by atoms with van der Waals surface area (Å²) in [5, 5.41) is 9.58. The molecule has 2 heterocycles. The summed E-state index contributed by atoms with van der Waals surface area (Å²) in [4.78, 5) is 2.27. The van der Waals surface area contributed by atoms with Crippen LogP contribution in [0.25, 0.3) is 11.1 Å². The van der Waals surface area contributed by atoms with E-state index >= 15 is 0 Å². The van der Waals surface area contributed by atoms with Gasteiger partial charge in [0, 0.05) is 30.1 Å². The second-order valence-corrected chi connectivity index (χ2v) is 8.71. The van der Waals surface area contributed by atoms with Crippen LogP contribution in [0.15, 0.2) is 78.9 Å².